The minimum absolute atomic E-state index is 0.0221. The summed E-state index contributed by atoms with van der Waals surface area (Å²) >= 11 is -0.750. The lowest BCUT2D eigenvalue weighted by Crippen LogP contribution is -2.42. The number of rotatable bonds is 8. The minimum Gasteiger partial charge on any atom is -0.490 e. The Morgan fingerprint density at radius 2 is 1.49 bits per heavy atom. The van der Waals surface area contributed by atoms with Gasteiger partial charge < -0.3 is 9.64 Å². The fourth-order valence-corrected chi connectivity index (χ4v) is 5.40. The summed E-state index contributed by atoms with van der Waals surface area (Å²) in [7, 11) is 0. The van der Waals surface area contributed by atoms with Gasteiger partial charge in [-0.1, -0.05) is 29.8 Å². The molecule has 0 spiro atoms. The van der Waals surface area contributed by atoms with Gasteiger partial charge in [0.15, 0.2) is 11.5 Å². The van der Waals surface area contributed by atoms with Crippen LogP contribution in [0.4, 0.5) is 0 Å². The average molecular weight is 602 g/mol. The summed E-state index contributed by atoms with van der Waals surface area (Å²) in [6.45, 7) is 5.97. The van der Waals surface area contributed by atoms with Crippen molar-refractivity contribution in [1.29, 1.82) is 5.26 Å². The Kier molecular flexibility index (Phi) is 11.6. The molecule has 224 valence electrons. The minimum atomic E-state index is -0.750. The number of benzene rings is 2. The van der Waals surface area contributed by atoms with Crippen LogP contribution in [-0.4, -0.2) is 72.4 Å². The van der Waals surface area contributed by atoms with Crippen molar-refractivity contribution >= 4 is 23.3 Å². The first-order chi connectivity index (χ1) is 20.9. The average Bonchev–Trinajstić information content (AvgIpc) is 3.04. The van der Waals surface area contributed by atoms with Gasteiger partial charge >= 0.3 is 11.6 Å². The Morgan fingerprint density at radius 1 is 0.884 bits per heavy atom. The first kappa shape index (κ1) is 31.7. The Labute approximate surface area is 255 Å². The van der Waals surface area contributed by atoms with Crippen molar-refractivity contribution in [2.45, 2.75) is 51.7 Å². The number of nitriles is 1. The maximum Gasteiger partial charge on any atom is 0.335 e. The molecule has 2 aromatic carbocycles. The lowest BCUT2D eigenvalue weighted by Gasteiger charge is -2.32. The van der Waals surface area contributed by atoms with Crippen LogP contribution in [0.1, 0.15) is 69.8 Å². The second-order valence-electron chi connectivity index (χ2n) is 10.9. The summed E-state index contributed by atoms with van der Waals surface area (Å²) in [6.07, 6.45) is 3.96. The zero-order valence-corrected chi connectivity index (χ0v) is 25.0. The maximum atomic E-state index is 13.0. The molecule has 10 nitrogen and oxygen atoms in total. The standard InChI is InChI=1S/C32H35N5O3.O2S/c1-23-2-8-27(9-3-23)40-28-14-18-37(19-15-28)32(39)30-11-10-29(34-35-30)31(38)20-24-12-16-36(17-13-24)22-26-6-4-25(21-33)5-7-26;1-3-2/h2-11,24,28H,12-20,22H2,1H3;. The number of aryl methyl sites for hydroxylation is 1. The quantitative estimate of drug-likeness (QED) is 0.349. The fraction of sp³-hybridized carbons (Fsp3) is 0.406. The highest BCUT2D eigenvalue weighted by Gasteiger charge is 2.27. The predicted octanol–water partition coefficient (Wildman–Crippen LogP) is 4.16. The summed E-state index contributed by atoms with van der Waals surface area (Å²) in [5, 5.41) is 17.2. The second-order valence-corrected chi connectivity index (χ2v) is 11.1. The van der Waals surface area contributed by atoms with Gasteiger partial charge in [0.25, 0.3) is 5.91 Å². The van der Waals surface area contributed by atoms with Gasteiger partial charge in [0, 0.05) is 38.9 Å². The lowest BCUT2D eigenvalue weighted by molar-refractivity contribution is 0.0588. The summed E-state index contributed by atoms with van der Waals surface area (Å²) in [6, 6.07) is 21.1. The van der Waals surface area contributed by atoms with E-state index in [1.807, 2.05) is 55.5 Å². The molecule has 43 heavy (non-hydrogen) atoms. The molecule has 1 aromatic heterocycles. The van der Waals surface area contributed by atoms with Gasteiger partial charge in [-0.25, -0.2) is 0 Å². The summed E-state index contributed by atoms with van der Waals surface area (Å²) in [4.78, 5) is 30.0. The lowest BCUT2D eigenvalue weighted by atomic mass is 9.90. The van der Waals surface area contributed by atoms with Gasteiger partial charge in [0.05, 0.1) is 11.6 Å². The smallest absolute Gasteiger partial charge is 0.335 e. The third kappa shape index (κ3) is 9.36. The molecular weight excluding hydrogens is 566 g/mol. The number of Topliss-reactive ketones (excluding diaryl/α,β-unsaturated/α-hetero) is 1. The van der Waals surface area contributed by atoms with Gasteiger partial charge in [-0.2, -0.15) is 13.7 Å². The molecule has 0 atom stereocenters. The van der Waals surface area contributed by atoms with Crippen molar-refractivity contribution in [3.8, 4) is 11.8 Å². The molecule has 2 fully saturated rings. The monoisotopic (exact) mass is 601 g/mol. The van der Waals surface area contributed by atoms with Crippen molar-refractivity contribution in [2.24, 2.45) is 5.92 Å². The molecule has 0 radical (unpaired) electrons. The molecule has 0 saturated carbocycles. The first-order valence-corrected chi connectivity index (χ1v) is 15.1. The van der Waals surface area contributed by atoms with E-state index in [9.17, 15) is 9.59 Å². The molecular formula is C32H35N5O5S. The van der Waals surface area contributed by atoms with Gasteiger partial charge in [0.1, 0.15) is 17.5 Å². The molecule has 3 heterocycles. The Balaban J connectivity index is 0.00000135. The van der Waals surface area contributed by atoms with E-state index in [1.165, 1.54) is 11.1 Å². The maximum absolute atomic E-state index is 13.0. The zero-order chi connectivity index (χ0) is 30.6. The highest BCUT2D eigenvalue weighted by Crippen LogP contribution is 2.24. The molecule has 2 aliphatic rings. The number of amides is 1. The summed E-state index contributed by atoms with van der Waals surface area (Å²) < 4.78 is 22.7. The number of ketones is 1. The van der Waals surface area contributed by atoms with Crippen LogP contribution in [0.15, 0.2) is 60.7 Å². The molecule has 2 aliphatic heterocycles. The molecule has 0 aliphatic carbocycles. The number of carbonyl (C=O) groups excluding carboxylic acids is 2. The highest BCUT2D eigenvalue weighted by molar-refractivity contribution is 7.51. The SMILES string of the molecule is Cc1ccc(OC2CCN(C(=O)c3ccc(C(=O)CC4CCN(Cc5ccc(C#N)cc5)CC4)nn3)CC2)cc1.O=S=O. The van der Waals surface area contributed by atoms with Crippen LogP contribution in [0.5, 0.6) is 5.75 Å². The van der Waals surface area contributed by atoms with Crippen LogP contribution in [0.25, 0.3) is 0 Å². The highest BCUT2D eigenvalue weighted by atomic mass is 32.1. The third-order valence-electron chi connectivity index (χ3n) is 7.89. The molecule has 2 saturated heterocycles. The number of likely N-dealkylation sites (tertiary alicyclic amines) is 2. The van der Waals surface area contributed by atoms with Crippen molar-refractivity contribution in [3.05, 3.63) is 88.7 Å². The third-order valence-corrected chi connectivity index (χ3v) is 7.89. The number of piperidine rings is 2. The van der Waals surface area contributed by atoms with E-state index < -0.39 is 11.6 Å². The van der Waals surface area contributed by atoms with Crippen molar-refractivity contribution in [2.75, 3.05) is 26.2 Å². The van der Waals surface area contributed by atoms with Crippen LogP contribution in [0.3, 0.4) is 0 Å². The summed E-state index contributed by atoms with van der Waals surface area (Å²) in [5.41, 5.74) is 3.65. The number of ether oxygens (including phenoxy) is 1. The number of hydrogen-bond acceptors (Lipinski definition) is 9. The van der Waals surface area contributed by atoms with Gasteiger partial charge in [-0.15, -0.1) is 10.2 Å². The molecule has 0 bridgehead atoms. The first-order valence-electron chi connectivity index (χ1n) is 14.4. The predicted molar refractivity (Wildman–Crippen MR) is 160 cm³/mol. The van der Waals surface area contributed by atoms with E-state index in [-0.39, 0.29) is 23.5 Å². The van der Waals surface area contributed by atoms with E-state index in [0.29, 0.717) is 36.7 Å². The van der Waals surface area contributed by atoms with Crippen LogP contribution < -0.4 is 4.74 Å². The molecule has 11 heteroatoms. The van der Waals surface area contributed by atoms with Crippen molar-refractivity contribution < 1.29 is 22.7 Å². The van der Waals surface area contributed by atoms with Crippen LogP contribution in [0, 0.1) is 24.2 Å². The van der Waals surface area contributed by atoms with Crippen molar-refractivity contribution in [1.82, 2.24) is 20.0 Å². The van der Waals surface area contributed by atoms with E-state index >= 15 is 0 Å². The molecule has 3 aromatic rings. The van der Waals surface area contributed by atoms with Gasteiger partial charge in [0.2, 0.25) is 0 Å². The number of carbonyl (C=O) groups is 2. The molecule has 5 rings (SSSR count). The number of nitrogens with zero attached hydrogens (tertiary/aromatic N) is 5. The van der Waals surface area contributed by atoms with Crippen LogP contribution >= 0.6 is 0 Å². The normalized spacial score (nSPS) is 16.0. The second kappa shape index (κ2) is 15.8. The molecule has 1 amide bonds. The van der Waals surface area contributed by atoms with Crippen LogP contribution in [0.2, 0.25) is 0 Å². The zero-order valence-electron chi connectivity index (χ0n) is 24.2. The van der Waals surface area contributed by atoms with E-state index in [1.54, 1.807) is 17.0 Å². The van der Waals surface area contributed by atoms with Crippen LogP contribution in [-0.2, 0) is 18.1 Å². The molecule has 0 N–H and O–H groups in total. The van der Waals surface area contributed by atoms with E-state index in [0.717, 1.165) is 51.1 Å². The van der Waals surface area contributed by atoms with Gasteiger partial charge in [-0.05, 0) is 80.7 Å². The number of hydrogen-bond donors (Lipinski definition) is 0. The van der Waals surface area contributed by atoms with E-state index in [2.05, 4.69) is 21.2 Å². The molecule has 0 unspecified atom stereocenters. The Morgan fingerprint density at radius 3 is 2.07 bits per heavy atom. The van der Waals surface area contributed by atoms with Gasteiger partial charge in [-0.3, -0.25) is 14.5 Å². The van der Waals surface area contributed by atoms with Crippen molar-refractivity contribution in [3.63, 3.8) is 0 Å². The topological polar surface area (TPSA) is 134 Å². The van der Waals surface area contributed by atoms with E-state index in [4.69, 9.17) is 18.4 Å². The fourth-order valence-electron chi connectivity index (χ4n) is 5.40. The Hall–Kier alpha value is -4.27. The Bertz CT molecular complexity index is 1440. The largest absolute Gasteiger partial charge is 0.490 e. The number of aromatic nitrogens is 2. The summed E-state index contributed by atoms with van der Waals surface area (Å²) in [5.74, 6) is 0.993.